The predicted molar refractivity (Wildman–Crippen MR) is 99.2 cm³/mol. The summed E-state index contributed by atoms with van der Waals surface area (Å²) in [7, 11) is 0. The lowest BCUT2D eigenvalue weighted by Crippen LogP contribution is -2.29. The molecule has 1 aliphatic heterocycles. The molecule has 1 aliphatic carbocycles. The van der Waals surface area contributed by atoms with Crippen molar-refractivity contribution in [3.05, 3.63) is 68.7 Å². The van der Waals surface area contributed by atoms with Gasteiger partial charge in [-0.2, -0.15) is 0 Å². The van der Waals surface area contributed by atoms with Crippen LogP contribution in [0.1, 0.15) is 39.9 Å². The fourth-order valence-corrected chi connectivity index (χ4v) is 4.42. The Kier molecular flexibility index (Phi) is 3.98. The highest BCUT2D eigenvalue weighted by atomic mass is 35.5. The molecule has 2 aromatic rings. The number of ketones is 2. The molecule has 2 atom stereocenters. The van der Waals surface area contributed by atoms with Gasteiger partial charge in [0, 0.05) is 5.56 Å². The van der Waals surface area contributed by atoms with Crippen LogP contribution in [0.25, 0.3) is 0 Å². The van der Waals surface area contributed by atoms with Crippen LogP contribution in [0.3, 0.4) is 0 Å². The van der Waals surface area contributed by atoms with Crippen molar-refractivity contribution in [1.82, 2.24) is 5.32 Å². The number of rotatable bonds is 2. The Morgan fingerprint density at radius 3 is 2.30 bits per heavy atom. The standard InChI is InChI=1S/C20H13Cl2NO4/c1-20(10-5-3-2-4-6-10)8-9-7-11(13-16(24)19(27)23-18(13)26)14(21)15(22)12(9)17(20)25/h2-7,13H,8H2,1H3,(H,23,26,27). The fourth-order valence-electron chi connectivity index (χ4n) is 3.85. The summed E-state index contributed by atoms with van der Waals surface area (Å²) in [5.74, 6) is -4.10. The van der Waals surface area contributed by atoms with Gasteiger partial charge in [0.05, 0.1) is 15.5 Å². The molecule has 0 saturated carbocycles. The lowest BCUT2D eigenvalue weighted by Gasteiger charge is -2.22. The first kappa shape index (κ1) is 17.9. The van der Waals surface area contributed by atoms with Gasteiger partial charge in [-0.25, -0.2) is 0 Å². The van der Waals surface area contributed by atoms with E-state index in [9.17, 15) is 19.2 Å². The van der Waals surface area contributed by atoms with E-state index in [0.717, 1.165) is 5.56 Å². The average Bonchev–Trinajstić information content (AvgIpc) is 3.05. The van der Waals surface area contributed by atoms with Gasteiger partial charge in [0.2, 0.25) is 11.7 Å². The Labute approximate surface area is 164 Å². The quantitative estimate of drug-likeness (QED) is 0.476. The molecule has 1 fully saturated rings. The number of imide groups is 1. The molecule has 0 spiro atoms. The summed E-state index contributed by atoms with van der Waals surface area (Å²) in [5, 5.41) is 1.94. The highest BCUT2D eigenvalue weighted by Gasteiger charge is 2.47. The second-order valence-electron chi connectivity index (χ2n) is 6.95. The maximum absolute atomic E-state index is 13.2. The predicted octanol–water partition coefficient (Wildman–Crippen LogP) is 3.00. The summed E-state index contributed by atoms with van der Waals surface area (Å²) in [6.07, 6.45) is 0.353. The van der Waals surface area contributed by atoms with Crippen molar-refractivity contribution in [3.8, 4) is 0 Å². The average molecular weight is 402 g/mol. The van der Waals surface area contributed by atoms with Crippen LogP contribution in [0.5, 0.6) is 0 Å². The van der Waals surface area contributed by atoms with Crippen molar-refractivity contribution in [1.29, 1.82) is 0 Å². The minimum Gasteiger partial charge on any atom is -0.293 e. The van der Waals surface area contributed by atoms with Gasteiger partial charge in [0.25, 0.3) is 5.91 Å². The largest absolute Gasteiger partial charge is 0.295 e. The molecule has 2 aliphatic rings. The third-order valence-corrected chi connectivity index (χ3v) is 6.18. The van der Waals surface area contributed by atoms with Gasteiger partial charge in [0.1, 0.15) is 5.92 Å². The van der Waals surface area contributed by atoms with Crippen LogP contribution in [-0.2, 0) is 26.2 Å². The zero-order chi connectivity index (χ0) is 19.5. The Morgan fingerprint density at radius 1 is 1.04 bits per heavy atom. The molecule has 1 N–H and O–H groups in total. The van der Waals surface area contributed by atoms with E-state index in [1.54, 1.807) is 6.07 Å². The van der Waals surface area contributed by atoms with Crippen LogP contribution in [0.15, 0.2) is 36.4 Å². The zero-order valence-electron chi connectivity index (χ0n) is 14.1. The summed E-state index contributed by atoms with van der Waals surface area (Å²) < 4.78 is 0. The van der Waals surface area contributed by atoms with Crippen LogP contribution < -0.4 is 5.32 Å². The monoisotopic (exact) mass is 401 g/mol. The topological polar surface area (TPSA) is 80.3 Å². The van der Waals surface area contributed by atoms with Crippen LogP contribution in [0, 0.1) is 0 Å². The number of carbonyl (C=O) groups excluding carboxylic acids is 4. The second kappa shape index (κ2) is 6.01. The van der Waals surface area contributed by atoms with Crippen molar-refractivity contribution in [2.24, 2.45) is 0 Å². The molecule has 7 heteroatoms. The van der Waals surface area contributed by atoms with Gasteiger partial charge < -0.3 is 0 Å². The van der Waals surface area contributed by atoms with E-state index in [4.69, 9.17) is 23.2 Å². The molecular formula is C20H13Cl2NO4. The minimum absolute atomic E-state index is 0.00812. The van der Waals surface area contributed by atoms with Crippen molar-refractivity contribution in [2.75, 3.05) is 0 Å². The van der Waals surface area contributed by atoms with Crippen molar-refractivity contribution >= 4 is 46.6 Å². The van der Waals surface area contributed by atoms with E-state index in [0.29, 0.717) is 17.5 Å². The Balaban J connectivity index is 1.86. The van der Waals surface area contributed by atoms with Crippen molar-refractivity contribution in [3.63, 3.8) is 0 Å². The SMILES string of the molecule is CC1(c2ccccc2)Cc2cc(C3C(=O)NC(=O)C3=O)c(Cl)c(Cl)c2C1=O. The molecule has 27 heavy (non-hydrogen) atoms. The Morgan fingerprint density at radius 2 is 1.70 bits per heavy atom. The first-order valence-electron chi connectivity index (χ1n) is 8.26. The summed E-state index contributed by atoms with van der Waals surface area (Å²) in [6, 6.07) is 10.9. The first-order chi connectivity index (χ1) is 12.8. The minimum atomic E-state index is -1.34. The number of carbonyl (C=O) groups is 4. The van der Waals surface area contributed by atoms with E-state index in [2.05, 4.69) is 0 Å². The molecule has 1 heterocycles. The number of fused-ring (bicyclic) bond motifs is 1. The van der Waals surface area contributed by atoms with E-state index in [1.165, 1.54) is 0 Å². The lowest BCUT2D eigenvalue weighted by atomic mass is 9.79. The maximum atomic E-state index is 13.2. The summed E-state index contributed by atoms with van der Waals surface area (Å²) in [6.45, 7) is 1.82. The fraction of sp³-hybridized carbons (Fsp3) is 0.200. The molecule has 2 unspecified atom stereocenters. The van der Waals surface area contributed by atoms with Gasteiger partial charge in [0.15, 0.2) is 5.78 Å². The summed E-state index contributed by atoms with van der Waals surface area (Å²) >= 11 is 12.7. The molecular weight excluding hydrogens is 389 g/mol. The van der Waals surface area contributed by atoms with Gasteiger partial charge in [-0.05, 0) is 30.0 Å². The van der Waals surface area contributed by atoms with E-state index >= 15 is 0 Å². The number of hydrogen-bond donors (Lipinski definition) is 1. The van der Waals surface area contributed by atoms with Crippen LogP contribution in [-0.4, -0.2) is 23.4 Å². The molecule has 2 aromatic carbocycles. The molecule has 2 amide bonds. The molecule has 1 saturated heterocycles. The number of halogens is 2. The summed E-state index contributed by atoms with van der Waals surface area (Å²) in [5.41, 5.74) is 1.07. The van der Waals surface area contributed by atoms with E-state index < -0.39 is 28.9 Å². The molecule has 5 nitrogen and oxygen atoms in total. The van der Waals surface area contributed by atoms with Crippen LogP contribution in [0.2, 0.25) is 10.0 Å². The van der Waals surface area contributed by atoms with Crippen molar-refractivity contribution < 1.29 is 19.2 Å². The number of amides is 2. The van der Waals surface area contributed by atoms with E-state index in [-0.39, 0.29) is 21.4 Å². The molecule has 0 aromatic heterocycles. The number of Topliss-reactive ketones (excluding diaryl/α,β-unsaturated/α-hetero) is 2. The first-order valence-corrected chi connectivity index (χ1v) is 9.01. The smallest absolute Gasteiger partial charge is 0.293 e. The molecule has 136 valence electrons. The number of nitrogens with one attached hydrogen (secondary N) is 1. The van der Waals surface area contributed by atoms with Crippen molar-refractivity contribution in [2.45, 2.75) is 24.7 Å². The Bertz CT molecular complexity index is 1050. The van der Waals surface area contributed by atoms with Crippen LogP contribution >= 0.6 is 23.2 Å². The normalized spacial score (nSPS) is 24.3. The van der Waals surface area contributed by atoms with Gasteiger partial charge in [-0.15, -0.1) is 0 Å². The number of hydrogen-bond acceptors (Lipinski definition) is 4. The zero-order valence-corrected chi connectivity index (χ0v) is 15.6. The second-order valence-corrected chi connectivity index (χ2v) is 7.70. The van der Waals surface area contributed by atoms with Crippen LogP contribution in [0.4, 0.5) is 0 Å². The lowest BCUT2D eigenvalue weighted by molar-refractivity contribution is -0.135. The number of benzene rings is 2. The molecule has 4 rings (SSSR count). The van der Waals surface area contributed by atoms with Gasteiger partial charge >= 0.3 is 0 Å². The Hall–Kier alpha value is -2.50. The molecule has 0 radical (unpaired) electrons. The van der Waals surface area contributed by atoms with Gasteiger partial charge in [-0.1, -0.05) is 59.6 Å². The summed E-state index contributed by atoms with van der Waals surface area (Å²) in [4.78, 5) is 48.8. The van der Waals surface area contributed by atoms with E-state index in [1.807, 2.05) is 42.6 Å². The maximum Gasteiger partial charge on any atom is 0.295 e. The third-order valence-electron chi connectivity index (χ3n) is 5.30. The highest BCUT2D eigenvalue weighted by Crippen LogP contribution is 2.46. The van der Waals surface area contributed by atoms with Gasteiger partial charge in [-0.3, -0.25) is 24.5 Å². The highest BCUT2D eigenvalue weighted by molar-refractivity contribution is 6.51. The third kappa shape index (κ3) is 2.46. The molecule has 0 bridgehead atoms.